The molecule has 0 aromatic heterocycles. The standard InChI is InChI=1S/C33H47N3O4/c1-7-20-36(31(38)28(22-25-14-10-8-11-15-25)35-32(39)40-33(4,5)6)29(27-19-18-23(2)21-24(27)3)30(37)34-26-16-12-9-13-17-26/h8,10-11,14-15,18-19,21,26,28-29H,7,9,12-13,16-17,20,22H2,1-6H3,(H,34,37)(H,35,39). The molecule has 3 amide bonds. The molecule has 0 bridgehead atoms. The van der Waals surface area contributed by atoms with Crippen molar-refractivity contribution in [3.05, 3.63) is 70.8 Å². The Morgan fingerprint density at radius 1 is 1.00 bits per heavy atom. The summed E-state index contributed by atoms with van der Waals surface area (Å²) in [4.78, 5) is 43.0. The molecule has 0 heterocycles. The van der Waals surface area contributed by atoms with Crippen LogP contribution in [0.1, 0.15) is 94.5 Å². The number of alkyl carbamates (subject to hydrolysis) is 1. The van der Waals surface area contributed by atoms with Crippen molar-refractivity contribution in [3.8, 4) is 0 Å². The number of aryl methyl sites for hydroxylation is 2. The van der Waals surface area contributed by atoms with Crippen LogP contribution in [0.2, 0.25) is 0 Å². The zero-order valence-electron chi connectivity index (χ0n) is 25.1. The largest absolute Gasteiger partial charge is 0.444 e. The highest BCUT2D eigenvalue weighted by Gasteiger charge is 2.37. The quantitative estimate of drug-likeness (QED) is 0.371. The van der Waals surface area contributed by atoms with Crippen LogP contribution >= 0.6 is 0 Å². The van der Waals surface area contributed by atoms with Crippen LogP contribution in [-0.4, -0.2) is 47.0 Å². The molecule has 1 aliphatic carbocycles. The third-order valence-electron chi connectivity index (χ3n) is 7.25. The van der Waals surface area contributed by atoms with Crippen molar-refractivity contribution in [3.63, 3.8) is 0 Å². The van der Waals surface area contributed by atoms with E-state index in [1.807, 2.05) is 69.3 Å². The summed E-state index contributed by atoms with van der Waals surface area (Å²) in [6.07, 6.45) is 5.55. The van der Waals surface area contributed by atoms with Crippen molar-refractivity contribution in [2.75, 3.05) is 6.54 Å². The molecule has 40 heavy (non-hydrogen) atoms. The first-order chi connectivity index (χ1) is 19.0. The summed E-state index contributed by atoms with van der Waals surface area (Å²) >= 11 is 0. The van der Waals surface area contributed by atoms with E-state index in [4.69, 9.17) is 4.74 Å². The van der Waals surface area contributed by atoms with Crippen LogP contribution in [0.4, 0.5) is 4.79 Å². The van der Waals surface area contributed by atoms with Gasteiger partial charge in [0.1, 0.15) is 17.7 Å². The van der Waals surface area contributed by atoms with Gasteiger partial charge < -0.3 is 20.3 Å². The van der Waals surface area contributed by atoms with Crippen LogP contribution in [0, 0.1) is 13.8 Å². The Balaban J connectivity index is 2.01. The van der Waals surface area contributed by atoms with Crippen LogP contribution in [0.5, 0.6) is 0 Å². The van der Waals surface area contributed by atoms with Gasteiger partial charge in [0.05, 0.1) is 0 Å². The molecule has 2 aromatic carbocycles. The van der Waals surface area contributed by atoms with Crippen molar-refractivity contribution in [1.29, 1.82) is 0 Å². The van der Waals surface area contributed by atoms with E-state index < -0.39 is 23.8 Å². The lowest BCUT2D eigenvalue weighted by atomic mass is 9.93. The molecular weight excluding hydrogens is 502 g/mol. The van der Waals surface area contributed by atoms with Crippen LogP contribution in [-0.2, 0) is 20.7 Å². The van der Waals surface area contributed by atoms with Gasteiger partial charge in [-0.15, -0.1) is 0 Å². The van der Waals surface area contributed by atoms with Crippen LogP contribution in [0.3, 0.4) is 0 Å². The zero-order valence-corrected chi connectivity index (χ0v) is 25.1. The monoisotopic (exact) mass is 549 g/mol. The normalized spacial score (nSPS) is 15.6. The number of ether oxygens (including phenoxy) is 1. The summed E-state index contributed by atoms with van der Waals surface area (Å²) in [5.41, 5.74) is 3.04. The first kappa shape index (κ1) is 31.2. The van der Waals surface area contributed by atoms with Crippen molar-refractivity contribution < 1.29 is 19.1 Å². The highest BCUT2D eigenvalue weighted by atomic mass is 16.6. The molecule has 7 nitrogen and oxygen atoms in total. The third-order valence-corrected chi connectivity index (χ3v) is 7.25. The minimum Gasteiger partial charge on any atom is -0.444 e. The second kappa shape index (κ2) is 14.3. The van der Waals surface area contributed by atoms with E-state index in [0.717, 1.165) is 47.9 Å². The molecule has 218 valence electrons. The molecule has 2 atom stereocenters. The van der Waals surface area contributed by atoms with Crippen molar-refractivity contribution in [2.45, 2.75) is 110 Å². The maximum atomic E-state index is 14.4. The number of rotatable bonds is 10. The SMILES string of the molecule is CCCN(C(=O)C(Cc1ccccc1)NC(=O)OC(C)(C)C)C(C(=O)NC1CCCCC1)c1ccc(C)cc1C. The van der Waals surface area contributed by atoms with Gasteiger partial charge in [-0.2, -0.15) is 0 Å². The summed E-state index contributed by atoms with van der Waals surface area (Å²) in [5.74, 6) is -0.475. The second-order valence-electron chi connectivity index (χ2n) is 12.0. The minimum absolute atomic E-state index is 0.105. The van der Waals surface area contributed by atoms with E-state index in [1.165, 1.54) is 6.42 Å². The molecule has 0 saturated heterocycles. The number of hydrogen-bond acceptors (Lipinski definition) is 4. The Kier molecular flexibility index (Phi) is 11.2. The number of nitrogens with one attached hydrogen (secondary N) is 2. The number of amides is 3. The van der Waals surface area contributed by atoms with Gasteiger partial charge in [-0.05, 0) is 70.6 Å². The number of benzene rings is 2. The Hall–Kier alpha value is -3.35. The molecule has 3 rings (SSSR count). The maximum Gasteiger partial charge on any atom is 0.408 e. The van der Waals surface area contributed by atoms with E-state index in [0.29, 0.717) is 13.0 Å². The van der Waals surface area contributed by atoms with Gasteiger partial charge in [-0.1, -0.05) is 80.3 Å². The van der Waals surface area contributed by atoms with Crippen molar-refractivity contribution in [2.24, 2.45) is 0 Å². The molecule has 2 aromatic rings. The molecule has 7 heteroatoms. The molecule has 1 saturated carbocycles. The van der Waals surface area contributed by atoms with Crippen LogP contribution < -0.4 is 10.6 Å². The summed E-state index contributed by atoms with van der Waals surface area (Å²) in [6.45, 7) is 11.7. The molecule has 2 unspecified atom stereocenters. The number of carbonyl (C=O) groups excluding carboxylic acids is 3. The first-order valence-electron chi connectivity index (χ1n) is 14.7. The van der Waals surface area contributed by atoms with Crippen LogP contribution in [0.15, 0.2) is 48.5 Å². The second-order valence-corrected chi connectivity index (χ2v) is 12.0. The van der Waals surface area contributed by atoms with Gasteiger partial charge in [0.15, 0.2) is 0 Å². The Bertz CT molecular complexity index is 1140. The molecule has 0 radical (unpaired) electrons. The van der Waals surface area contributed by atoms with E-state index in [-0.39, 0.29) is 24.3 Å². The van der Waals surface area contributed by atoms with Crippen molar-refractivity contribution in [1.82, 2.24) is 15.5 Å². The Morgan fingerprint density at radius 2 is 1.68 bits per heavy atom. The molecule has 2 N–H and O–H groups in total. The number of nitrogens with zero attached hydrogens (tertiary/aromatic N) is 1. The average Bonchev–Trinajstić information content (AvgIpc) is 2.89. The van der Waals surface area contributed by atoms with Crippen LogP contribution in [0.25, 0.3) is 0 Å². The third kappa shape index (κ3) is 9.10. The predicted molar refractivity (Wildman–Crippen MR) is 159 cm³/mol. The van der Waals surface area contributed by atoms with Gasteiger partial charge in [-0.3, -0.25) is 9.59 Å². The van der Waals surface area contributed by atoms with Gasteiger partial charge in [0.2, 0.25) is 11.8 Å². The fraction of sp³-hybridized carbons (Fsp3) is 0.545. The molecule has 0 spiro atoms. The van der Waals surface area contributed by atoms with E-state index in [2.05, 4.69) is 10.6 Å². The lowest BCUT2D eigenvalue weighted by Gasteiger charge is -2.36. The summed E-state index contributed by atoms with van der Waals surface area (Å²) < 4.78 is 5.52. The highest BCUT2D eigenvalue weighted by molar-refractivity contribution is 5.92. The van der Waals surface area contributed by atoms with E-state index in [1.54, 1.807) is 25.7 Å². The number of carbonyl (C=O) groups is 3. The van der Waals surface area contributed by atoms with Crippen molar-refractivity contribution >= 4 is 17.9 Å². The summed E-state index contributed by atoms with van der Waals surface area (Å²) in [5, 5.41) is 6.10. The fourth-order valence-corrected chi connectivity index (χ4v) is 5.42. The van der Waals surface area contributed by atoms with Gasteiger partial charge in [0.25, 0.3) is 0 Å². The highest BCUT2D eigenvalue weighted by Crippen LogP contribution is 2.28. The lowest BCUT2D eigenvalue weighted by molar-refractivity contribution is -0.143. The minimum atomic E-state index is -0.903. The number of hydrogen-bond donors (Lipinski definition) is 2. The molecule has 1 fully saturated rings. The van der Waals surface area contributed by atoms with Gasteiger partial charge >= 0.3 is 6.09 Å². The molecular formula is C33H47N3O4. The van der Waals surface area contributed by atoms with Gasteiger partial charge in [-0.25, -0.2) is 4.79 Å². The predicted octanol–water partition coefficient (Wildman–Crippen LogP) is 6.17. The van der Waals surface area contributed by atoms with E-state index >= 15 is 0 Å². The Morgan fingerprint density at radius 3 is 2.27 bits per heavy atom. The zero-order chi connectivity index (χ0) is 29.3. The average molecular weight is 550 g/mol. The first-order valence-corrected chi connectivity index (χ1v) is 14.7. The lowest BCUT2D eigenvalue weighted by Crippen LogP contribution is -2.54. The smallest absolute Gasteiger partial charge is 0.408 e. The van der Waals surface area contributed by atoms with E-state index in [9.17, 15) is 14.4 Å². The summed E-state index contributed by atoms with van der Waals surface area (Å²) in [6, 6.07) is 14.0. The fourth-order valence-electron chi connectivity index (χ4n) is 5.42. The maximum absolute atomic E-state index is 14.4. The molecule has 0 aliphatic heterocycles. The Labute approximate surface area is 240 Å². The molecule has 1 aliphatic rings. The summed E-state index contributed by atoms with van der Waals surface area (Å²) in [7, 11) is 0. The topological polar surface area (TPSA) is 87.7 Å². The van der Waals surface area contributed by atoms with Gasteiger partial charge in [0, 0.05) is 19.0 Å².